The fourth-order valence-corrected chi connectivity index (χ4v) is 4.09. The highest BCUT2D eigenvalue weighted by Gasteiger charge is 2.37. The summed E-state index contributed by atoms with van der Waals surface area (Å²) < 4.78 is 20.5. The molecule has 2 atom stereocenters. The number of likely N-dealkylation sites (tertiary alicyclic amines) is 1. The molecule has 1 aliphatic heterocycles. The average molecular weight is 442 g/mol. The average Bonchev–Trinajstić information content (AvgIpc) is 3.43. The van der Waals surface area contributed by atoms with E-state index in [0.29, 0.717) is 34.1 Å². The van der Waals surface area contributed by atoms with Gasteiger partial charge in [-0.3, -0.25) is 9.78 Å². The molecule has 1 aromatic carbocycles. The largest absolute Gasteiger partial charge is 0.455 e. The van der Waals surface area contributed by atoms with E-state index < -0.39 is 12.2 Å². The maximum absolute atomic E-state index is 14.3. The summed E-state index contributed by atoms with van der Waals surface area (Å²) in [6, 6.07) is 13.8. The smallest absolute Gasteiger partial charge is 0.220 e. The van der Waals surface area contributed by atoms with E-state index >= 15 is 0 Å². The second kappa shape index (κ2) is 8.31. The number of alkyl halides is 1. The standard InChI is InChI=1S/C24H19FN6O2/c1-14(32)31-13-15(25)8-22(31)18-9-20-21(30-24(29-20)19-4-2-3-7-27-19)10-23(18)33-17-6-5-16(11-26)28-12-17/h2-7,9-10,12,15,22H,8,13H2,1H3,(H,29,30). The van der Waals surface area contributed by atoms with Crippen molar-refractivity contribution in [2.75, 3.05) is 6.54 Å². The van der Waals surface area contributed by atoms with E-state index in [4.69, 9.17) is 10.00 Å². The quantitative estimate of drug-likeness (QED) is 0.504. The van der Waals surface area contributed by atoms with Crippen molar-refractivity contribution in [2.45, 2.75) is 25.6 Å². The second-order valence-electron chi connectivity index (χ2n) is 7.82. The highest BCUT2D eigenvalue weighted by atomic mass is 19.1. The zero-order valence-electron chi connectivity index (χ0n) is 17.7. The van der Waals surface area contributed by atoms with Crippen LogP contribution in [0.25, 0.3) is 22.6 Å². The summed E-state index contributed by atoms with van der Waals surface area (Å²) in [6.07, 6.45) is 2.19. The molecule has 1 N–H and O–H groups in total. The SMILES string of the molecule is CC(=O)N1CC(F)CC1c1cc2[nH]c(-c3ccccn3)nc2cc1Oc1ccc(C#N)nc1. The third kappa shape index (κ3) is 3.99. The molecule has 1 fully saturated rings. The Bertz CT molecular complexity index is 1360. The normalized spacial score (nSPS) is 17.8. The van der Waals surface area contributed by atoms with Gasteiger partial charge in [0.2, 0.25) is 5.91 Å². The maximum atomic E-state index is 14.3. The van der Waals surface area contributed by atoms with Gasteiger partial charge in [0.15, 0.2) is 5.82 Å². The lowest BCUT2D eigenvalue weighted by atomic mass is 10.0. The molecule has 4 heterocycles. The van der Waals surface area contributed by atoms with Crippen LogP contribution in [0.1, 0.15) is 30.6 Å². The molecule has 9 heteroatoms. The molecule has 164 valence electrons. The Hall–Kier alpha value is -4.32. The molecule has 1 aliphatic rings. The molecule has 1 saturated heterocycles. The van der Waals surface area contributed by atoms with Crippen molar-refractivity contribution in [3.8, 4) is 29.1 Å². The molecule has 1 amide bonds. The summed E-state index contributed by atoms with van der Waals surface area (Å²) in [4.78, 5) is 30.0. The number of aromatic nitrogens is 4. The van der Waals surface area contributed by atoms with Gasteiger partial charge >= 0.3 is 0 Å². The molecule has 2 unspecified atom stereocenters. The number of rotatable bonds is 4. The molecular weight excluding hydrogens is 423 g/mol. The molecule has 5 rings (SSSR count). The number of amides is 1. The fourth-order valence-electron chi connectivity index (χ4n) is 4.09. The van der Waals surface area contributed by atoms with Crippen LogP contribution in [0.5, 0.6) is 11.5 Å². The van der Waals surface area contributed by atoms with Gasteiger partial charge in [-0.25, -0.2) is 14.4 Å². The summed E-state index contributed by atoms with van der Waals surface area (Å²) in [6.45, 7) is 1.47. The number of hydrogen-bond acceptors (Lipinski definition) is 6. The highest BCUT2D eigenvalue weighted by molar-refractivity contribution is 5.82. The van der Waals surface area contributed by atoms with Gasteiger partial charge in [0.1, 0.15) is 35.1 Å². The van der Waals surface area contributed by atoms with Crippen molar-refractivity contribution in [2.24, 2.45) is 0 Å². The monoisotopic (exact) mass is 442 g/mol. The molecule has 0 spiro atoms. The Morgan fingerprint density at radius 2 is 2.15 bits per heavy atom. The molecule has 3 aromatic heterocycles. The first-order valence-electron chi connectivity index (χ1n) is 10.4. The molecular formula is C24H19FN6O2. The van der Waals surface area contributed by atoms with Crippen molar-refractivity contribution in [3.05, 3.63) is 66.1 Å². The highest BCUT2D eigenvalue weighted by Crippen LogP contribution is 2.41. The molecule has 0 saturated carbocycles. The van der Waals surface area contributed by atoms with Crippen LogP contribution in [0.3, 0.4) is 0 Å². The van der Waals surface area contributed by atoms with Gasteiger partial charge in [-0.15, -0.1) is 0 Å². The summed E-state index contributed by atoms with van der Waals surface area (Å²) >= 11 is 0. The van der Waals surface area contributed by atoms with Crippen molar-refractivity contribution in [1.82, 2.24) is 24.8 Å². The number of fused-ring (bicyclic) bond motifs is 1. The number of carbonyl (C=O) groups is 1. The topological polar surface area (TPSA) is 108 Å². The number of aromatic amines is 1. The number of ether oxygens (including phenoxy) is 1. The van der Waals surface area contributed by atoms with Gasteiger partial charge in [0.25, 0.3) is 0 Å². The van der Waals surface area contributed by atoms with E-state index in [9.17, 15) is 9.18 Å². The van der Waals surface area contributed by atoms with Gasteiger partial charge in [-0.2, -0.15) is 5.26 Å². The number of imidazole rings is 1. The van der Waals surface area contributed by atoms with E-state index in [1.54, 1.807) is 24.4 Å². The van der Waals surface area contributed by atoms with Crippen molar-refractivity contribution < 1.29 is 13.9 Å². The summed E-state index contributed by atoms with van der Waals surface area (Å²) in [5.74, 6) is 1.25. The van der Waals surface area contributed by atoms with Crippen molar-refractivity contribution in [3.63, 3.8) is 0 Å². The summed E-state index contributed by atoms with van der Waals surface area (Å²) in [7, 11) is 0. The van der Waals surface area contributed by atoms with E-state index in [1.165, 1.54) is 18.0 Å². The number of nitrogens with one attached hydrogen (secondary N) is 1. The Morgan fingerprint density at radius 3 is 2.85 bits per heavy atom. The maximum Gasteiger partial charge on any atom is 0.220 e. The zero-order valence-corrected chi connectivity index (χ0v) is 17.7. The van der Waals surface area contributed by atoms with Crippen LogP contribution in [0, 0.1) is 11.3 Å². The van der Waals surface area contributed by atoms with Crippen LogP contribution in [0.4, 0.5) is 4.39 Å². The molecule has 0 bridgehead atoms. The lowest BCUT2D eigenvalue weighted by molar-refractivity contribution is -0.129. The minimum atomic E-state index is -1.12. The number of hydrogen-bond donors (Lipinski definition) is 1. The first-order chi connectivity index (χ1) is 16.0. The first-order valence-corrected chi connectivity index (χ1v) is 10.4. The van der Waals surface area contributed by atoms with Crippen LogP contribution < -0.4 is 4.74 Å². The zero-order chi connectivity index (χ0) is 22.9. The molecule has 0 radical (unpaired) electrons. The van der Waals surface area contributed by atoms with Gasteiger partial charge in [-0.05, 0) is 30.3 Å². The number of nitriles is 1. The van der Waals surface area contributed by atoms with E-state index in [2.05, 4.69) is 19.9 Å². The third-order valence-corrected chi connectivity index (χ3v) is 5.61. The number of pyridine rings is 2. The number of halogens is 1. The van der Waals surface area contributed by atoms with Crippen molar-refractivity contribution >= 4 is 16.9 Å². The Morgan fingerprint density at radius 1 is 1.27 bits per heavy atom. The van der Waals surface area contributed by atoms with E-state index in [1.807, 2.05) is 30.3 Å². The van der Waals surface area contributed by atoms with E-state index in [-0.39, 0.29) is 24.6 Å². The Balaban J connectivity index is 1.62. The number of nitrogens with zero attached hydrogens (tertiary/aromatic N) is 5. The molecule has 8 nitrogen and oxygen atoms in total. The minimum absolute atomic E-state index is 0.0397. The molecule has 33 heavy (non-hydrogen) atoms. The number of carbonyl (C=O) groups excluding carboxylic acids is 1. The fraction of sp³-hybridized carbons (Fsp3) is 0.208. The predicted molar refractivity (Wildman–Crippen MR) is 118 cm³/mol. The second-order valence-corrected chi connectivity index (χ2v) is 7.82. The molecule has 0 aliphatic carbocycles. The Kier molecular flexibility index (Phi) is 5.18. The van der Waals surface area contributed by atoms with Crippen LogP contribution in [0.15, 0.2) is 54.9 Å². The number of H-pyrrole nitrogens is 1. The third-order valence-electron chi connectivity index (χ3n) is 5.61. The van der Waals surface area contributed by atoms with Crippen LogP contribution in [0.2, 0.25) is 0 Å². The molecule has 4 aromatic rings. The lowest BCUT2D eigenvalue weighted by Crippen LogP contribution is -2.29. The lowest BCUT2D eigenvalue weighted by Gasteiger charge is -2.25. The van der Waals surface area contributed by atoms with Crippen LogP contribution in [-0.4, -0.2) is 43.5 Å². The summed E-state index contributed by atoms with van der Waals surface area (Å²) in [5.41, 5.74) is 2.98. The van der Waals surface area contributed by atoms with Crippen LogP contribution in [-0.2, 0) is 4.79 Å². The van der Waals surface area contributed by atoms with Gasteiger partial charge < -0.3 is 14.6 Å². The Labute approximate surface area is 188 Å². The first kappa shape index (κ1) is 20.6. The van der Waals surface area contributed by atoms with Crippen LogP contribution >= 0.6 is 0 Å². The van der Waals surface area contributed by atoms with Gasteiger partial charge in [0.05, 0.1) is 29.8 Å². The van der Waals surface area contributed by atoms with E-state index in [0.717, 1.165) is 5.52 Å². The van der Waals surface area contributed by atoms with Gasteiger partial charge in [-0.1, -0.05) is 6.07 Å². The predicted octanol–water partition coefficient (Wildman–Crippen LogP) is 4.32. The summed E-state index contributed by atoms with van der Waals surface area (Å²) in [5, 5.41) is 8.98. The van der Waals surface area contributed by atoms with Gasteiger partial charge in [0, 0.05) is 31.2 Å². The minimum Gasteiger partial charge on any atom is -0.455 e. The number of benzene rings is 1. The van der Waals surface area contributed by atoms with Crippen molar-refractivity contribution in [1.29, 1.82) is 5.26 Å².